The molecular formula is C19H26N4O4S. The van der Waals surface area contributed by atoms with Crippen LogP contribution < -0.4 is 11.5 Å². The van der Waals surface area contributed by atoms with E-state index in [0.29, 0.717) is 22.7 Å². The molecule has 0 unspecified atom stereocenters. The van der Waals surface area contributed by atoms with E-state index < -0.39 is 28.6 Å². The molecular weight excluding hydrogens is 380 g/mol. The van der Waals surface area contributed by atoms with Crippen LogP contribution in [0.3, 0.4) is 0 Å². The van der Waals surface area contributed by atoms with Crippen LogP contribution in [-0.4, -0.2) is 32.3 Å². The maximum Gasteiger partial charge on any atom is 0.269 e. The fourth-order valence-electron chi connectivity index (χ4n) is 3.80. The van der Waals surface area contributed by atoms with Gasteiger partial charge in [0.15, 0.2) is 5.69 Å². The van der Waals surface area contributed by atoms with E-state index in [1.54, 1.807) is 13.8 Å². The molecule has 2 amide bonds. The predicted molar refractivity (Wildman–Crippen MR) is 106 cm³/mol. The Hall–Kier alpha value is -2.23. The van der Waals surface area contributed by atoms with Crippen LogP contribution in [0.4, 0.5) is 0 Å². The third-order valence-electron chi connectivity index (χ3n) is 4.70. The maximum atomic E-state index is 12.4. The smallest absolute Gasteiger partial charge is 0.269 e. The molecule has 28 heavy (non-hydrogen) atoms. The highest BCUT2D eigenvalue weighted by atomic mass is 32.1. The van der Waals surface area contributed by atoms with Crippen LogP contribution >= 0.6 is 11.3 Å². The summed E-state index contributed by atoms with van der Waals surface area (Å²) < 4.78 is 7.61. The Morgan fingerprint density at radius 3 is 2.36 bits per heavy atom. The standard InChI is InChI=1S/C19H26N4O4S/c1-17(2)8-9-12(15(21)25)16(28-13(9)19(5,6)27-17)23-11(18(3,4)26)7-10(22-23)14(20)24/h7,26H,8H2,1-6H3,(H2,20,24)(H2,21,25). The third kappa shape index (κ3) is 3.34. The van der Waals surface area contributed by atoms with Crippen molar-refractivity contribution in [3.05, 3.63) is 33.5 Å². The van der Waals surface area contributed by atoms with Crippen LogP contribution in [0.5, 0.6) is 0 Å². The van der Waals surface area contributed by atoms with E-state index in [-0.39, 0.29) is 5.69 Å². The van der Waals surface area contributed by atoms with E-state index in [1.807, 2.05) is 27.7 Å². The summed E-state index contributed by atoms with van der Waals surface area (Å²) in [5.41, 5.74) is 10.2. The first-order valence-corrected chi connectivity index (χ1v) is 9.75. The van der Waals surface area contributed by atoms with E-state index >= 15 is 0 Å². The van der Waals surface area contributed by atoms with Gasteiger partial charge in [-0.15, -0.1) is 11.3 Å². The van der Waals surface area contributed by atoms with Gasteiger partial charge in [0.1, 0.15) is 10.6 Å². The molecule has 0 spiro atoms. The number of rotatable bonds is 4. The molecule has 3 rings (SSSR count). The maximum absolute atomic E-state index is 12.4. The lowest BCUT2D eigenvalue weighted by atomic mass is 9.86. The summed E-state index contributed by atoms with van der Waals surface area (Å²) in [6, 6.07) is 1.43. The number of hydrogen-bond donors (Lipinski definition) is 3. The molecule has 0 saturated carbocycles. The highest BCUT2D eigenvalue weighted by Gasteiger charge is 2.43. The number of aromatic nitrogens is 2. The van der Waals surface area contributed by atoms with Crippen molar-refractivity contribution in [3.8, 4) is 5.00 Å². The van der Waals surface area contributed by atoms with Crippen LogP contribution in [0.2, 0.25) is 0 Å². The summed E-state index contributed by atoms with van der Waals surface area (Å²) >= 11 is 1.32. The number of hydrogen-bond acceptors (Lipinski definition) is 6. The average Bonchev–Trinajstić information content (AvgIpc) is 3.05. The second-order valence-electron chi connectivity index (χ2n) is 8.75. The molecule has 2 aromatic rings. The number of nitrogens with zero attached hydrogens (tertiary/aromatic N) is 2. The zero-order valence-corrected chi connectivity index (χ0v) is 17.7. The quantitative estimate of drug-likeness (QED) is 0.713. The molecule has 2 aromatic heterocycles. The Kier molecular flexibility index (Phi) is 4.49. The molecule has 8 nitrogen and oxygen atoms in total. The van der Waals surface area contributed by atoms with Crippen LogP contribution in [0.15, 0.2) is 6.07 Å². The van der Waals surface area contributed by atoms with Gasteiger partial charge in [-0.05, 0) is 53.2 Å². The zero-order valence-electron chi connectivity index (χ0n) is 16.9. The molecule has 0 aromatic carbocycles. The number of fused-ring (bicyclic) bond motifs is 1. The van der Waals surface area contributed by atoms with Gasteiger partial charge in [0.05, 0.1) is 22.5 Å². The Morgan fingerprint density at radius 1 is 1.25 bits per heavy atom. The molecule has 0 saturated heterocycles. The molecule has 0 fully saturated rings. The van der Waals surface area contributed by atoms with E-state index in [4.69, 9.17) is 16.2 Å². The third-order valence-corrected chi connectivity index (χ3v) is 6.21. The minimum Gasteiger partial charge on any atom is -0.384 e. The monoisotopic (exact) mass is 406 g/mol. The lowest BCUT2D eigenvalue weighted by molar-refractivity contribution is -0.135. The van der Waals surface area contributed by atoms with Crippen LogP contribution in [0.1, 0.15) is 78.5 Å². The van der Waals surface area contributed by atoms with Crippen molar-refractivity contribution >= 4 is 23.2 Å². The van der Waals surface area contributed by atoms with Crippen molar-refractivity contribution in [3.63, 3.8) is 0 Å². The molecule has 1 aliphatic rings. The number of carbonyl (C=O) groups excluding carboxylic acids is 2. The number of nitrogens with two attached hydrogens (primary N) is 2. The lowest BCUT2D eigenvalue weighted by Crippen LogP contribution is -2.42. The molecule has 0 atom stereocenters. The molecule has 1 aliphatic heterocycles. The number of ether oxygens (including phenoxy) is 1. The topological polar surface area (TPSA) is 133 Å². The molecule has 9 heteroatoms. The second-order valence-corrected chi connectivity index (χ2v) is 9.75. The first kappa shape index (κ1) is 20.5. The average molecular weight is 407 g/mol. The van der Waals surface area contributed by atoms with Crippen molar-refractivity contribution in [2.75, 3.05) is 0 Å². The Morgan fingerprint density at radius 2 is 1.86 bits per heavy atom. The number of thiophene rings is 1. The summed E-state index contributed by atoms with van der Waals surface area (Å²) in [4.78, 5) is 25.0. The molecule has 0 radical (unpaired) electrons. The van der Waals surface area contributed by atoms with Gasteiger partial charge in [-0.2, -0.15) is 5.10 Å². The van der Waals surface area contributed by atoms with Gasteiger partial charge in [0.2, 0.25) is 0 Å². The van der Waals surface area contributed by atoms with Crippen molar-refractivity contribution in [1.29, 1.82) is 0 Å². The Labute approximate surface area is 167 Å². The van der Waals surface area contributed by atoms with Crippen molar-refractivity contribution in [2.45, 2.75) is 64.8 Å². The Bertz CT molecular complexity index is 979. The molecule has 0 bridgehead atoms. The van der Waals surface area contributed by atoms with E-state index in [0.717, 1.165) is 10.4 Å². The van der Waals surface area contributed by atoms with Crippen molar-refractivity contribution < 1.29 is 19.4 Å². The highest BCUT2D eigenvalue weighted by molar-refractivity contribution is 7.15. The van der Waals surface area contributed by atoms with Crippen molar-refractivity contribution in [2.24, 2.45) is 11.5 Å². The van der Waals surface area contributed by atoms with Gasteiger partial charge in [0.25, 0.3) is 11.8 Å². The van der Waals surface area contributed by atoms with Gasteiger partial charge < -0.3 is 21.3 Å². The van der Waals surface area contributed by atoms with Gasteiger partial charge >= 0.3 is 0 Å². The number of carbonyl (C=O) groups is 2. The zero-order chi connectivity index (χ0) is 21.2. The van der Waals surface area contributed by atoms with E-state index in [2.05, 4.69) is 5.10 Å². The van der Waals surface area contributed by atoms with Gasteiger partial charge in [-0.3, -0.25) is 9.59 Å². The highest BCUT2D eigenvalue weighted by Crippen LogP contribution is 2.47. The first-order chi connectivity index (χ1) is 12.6. The summed E-state index contributed by atoms with van der Waals surface area (Å²) in [5, 5.41) is 15.3. The van der Waals surface area contributed by atoms with E-state index in [1.165, 1.54) is 22.1 Å². The number of aliphatic hydroxyl groups is 1. The molecule has 152 valence electrons. The fraction of sp³-hybridized carbons (Fsp3) is 0.526. The largest absolute Gasteiger partial charge is 0.384 e. The first-order valence-electron chi connectivity index (χ1n) is 8.93. The molecule has 3 heterocycles. The van der Waals surface area contributed by atoms with Crippen LogP contribution in [-0.2, 0) is 22.4 Å². The fourth-order valence-corrected chi connectivity index (χ4v) is 5.13. The van der Waals surface area contributed by atoms with Crippen molar-refractivity contribution in [1.82, 2.24) is 9.78 Å². The van der Waals surface area contributed by atoms with E-state index in [9.17, 15) is 14.7 Å². The summed E-state index contributed by atoms with van der Waals surface area (Å²) in [6.07, 6.45) is 0.502. The van der Waals surface area contributed by atoms with Crippen LogP contribution in [0, 0.1) is 0 Å². The second kappa shape index (κ2) is 6.13. The predicted octanol–water partition coefficient (Wildman–Crippen LogP) is 1.95. The summed E-state index contributed by atoms with van der Waals surface area (Å²) in [6.45, 7) is 10.9. The number of amides is 2. The van der Waals surface area contributed by atoms with Gasteiger partial charge in [0, 0.05) is 11.3 Å². The number of primary amides is 2. The SMILES string of the molecule is CC1(C)Cc2c(sc(-n3nc(C(N)=O)cc3C(C)(C)O)c2C(N)=O)C(C)(C)O1. The van der Waals surface area contributed by atoms with Gasteiger partial charge in [-0.1, -0.05) is 0 Å². The molecule has 5 N–H and O–H groups in total. The Balaban J connectivity index is 2.35. The summed E-state index contributed by atoms with van der Waals surface area (Å²) in [5.74, 6) is -1.32. The lowest BCUT2D eigenvalue weighted by Gasteiger charge is -2.41. The van der Waals surface area contributed by atoms with Crippen LogP contribution in [0.25, 0.3) is 5.00 Å². The normalized spacial score (nSPS) is 18.0. The van der Waals surface area contributed by atoms with Gasteiger partial charge in [-0.25, -0.2) is 4.68 Å². The minimum atomic E-state index is -1.33. The summed E-state index contributed by atoms with van der Waals surface area (Å²) in [7, 11) is 0. The molecule has 0 aliphatic carbocycles. The minimum absolute atomic E-state index is 0.00485.